The Balaban J connectivity index is 1.74. The van der Waals surface area contributed by atoms with Crippen molar-refractivity contribution in [3.8, 4) is 11.8 Å². The SMILES string of the molecule is CCN1CCN(CCOc2ccccc2C#N)CC1. The van der Waals surface area contributed by atoms with E-state index in [2.05, 4.69) is 22.8 Å². The highest BCUT2D eigenvalue weighted by Gasteiger charge is 2.15. The number of hydrogen-bond acceptors (Lipinski definition) is 4. The number of hydrogen-bond donors (Lipinski definition) is 0. The molecule has 0 saturated carbocycles. The number of likely N-dealkylation sites (N-methyl/N-ethyl adjacent to an activating group) is 1. The molecule has 0 unspecified atom stereocenters. The van der Waals surface area contributed by atoms with Crippen LogP contribution in [0.5, 0.6) is 5.75 Å². The van der Waals surface area contributed by atoms with Crippen molar-refractivity contribution in [1.29, 1.82) is 5.26 Å². The molecule has 102 valence electrons. The second-order valence-corrected chi connectivity index (χ2v) is 4.73. The number of ether oxygens (including phenoxy) is 1. The van der Waals surface area contributed by atoms with E-state index in [-0.39, 0.29) is 0 Å². The first kappa shape index (κ1) is 13.9. The van der Waals surface area contributed by atoms with Crippen molar-refractivity contribution >= 4 is 0 Å². The molecule has 1 aromatic rings. The van der Waals surface area contributed by atoms with Crippen LogP contribution in [0.15, 0.2) is 24.3 Å². The summed E-state index contributed by atoms with van der Waals surface area (Å²) in [4.78, 5) is 4.88. The van der Waals surface area contributed by atoms with Gasteiger partial charge in [0.1, 0.15) is 18.4 Å². The lowest BCUT2D eigenvalue weighted by Gasteiger charge is -2.33. The summed E-state index contributed by atoms with van der Waals surface area (Å²) in [5.41, 5.74) is 0.610. The molecule has 4 heteroatoms. The molecule has 1 aliphatic heterocycles. The number of benzene rings is 1. The van der Waals surface area contributed by atoms with Crippen molar-refractivity contribution in [3.05, 3.63) is 29.8 Å². The van der Waals surface area contributed by atoms with Gasteiger partial charge in [-0.1, -0.05) is 19.1 Å². The molecule has 19 heavy (non-hydrogen) atoms. The van der Waals surface area contributed by atoms with E-state index in [0.29, 0.717) is 17.9 Å². The van der Waals surface area contributed by atoms with Crippen LogP contribution in [0.1, 0.15) is 12.5 Å². The standard InChI is InChI=1S/C15H21N3O/c1-2-17-7-9-18(10-8-17)11-12-19-15-6-4-3-5-14(15)13-16/h3-6H,2,7-12H2,1H3. The van der Waals surface area contributed by atoms with Crippen molar-refractivity contribution in [3.63, 3.8) is 0 Å². The van der Waals surface area contributed by atoms with Gasteiger partial charge in [-0.05, 0) is 18.7 Å². The lowest BCUT2D eigenvalue weighted by Crippen LogP contribution is -2.47. The van der Waals surface area contributed by atoms with Gasteiger partial charge in [-0.25, -0.2) is 0 Å². The largest absolute Gasteiger partial charge is 0.491 e. The highest BCUT2D eigenvalue weighted by molar-refractivity contribution is 5.42. The summed E-state index contributed by atoms with van der Waals surface area (Å²) in [6.45, 7) is 9.42. The number of para-hydroxylation sites is 1. The maximum atomic E-state index is 8.98. The number of nitrogens with zero attached hydrogens (tertiary/aromatic N) is 3. The van der Waals surface area contributed by atoms with Crippen LogP contribution in [0.3, 0.4) is 0 Å². The molecule has 0 spiro atoms. The van der Waals surface area contributed by atoms with Crippen LogP contribution >= 0.6 is 0 Å². The molecule has 0 aromatic heterocycles. The van der Waals surface area contributed by atoms with E-state index in [4.69, 9.17) is 10.00 Å². The van der Waals surface area contributed by atoms with Crippen molar-refractivity contribution in [1.82, 2.24) is 9.80 Å². The third-order valence-corrected chi connectivity index (χ3v) is 3.58. The molecule has 2 rings (SSSR count). The van der Waals surface area contributed by atoms with Gasteiger partial charge in [0, 0.05) is 32.7 Å². The zero-order chi connectivity index (χ0) is 13.5. The first-order valence-electron chi connectivity index (χ1n) is 6.90. The van der Waals surface area contributed by atoms with E-state index < -0.39 is 0 Å². The molecule has 0 N–H and O–H groups in total. The van der Waals surface area contributed by atoms with Crippen LogP contribution in [-0.2, 0) is 0 Å². The van der Waals surface area contributed by atoms with Crippen LogP contribution in [-0.4, -0.2) is 55.7 Å². The number of piperazine rings is 1. The monoisotopic (exact) mass is 259 g/mol. The van der Waals surface area contributed by atoms with Gasteiger partial charge < -0.3 is 9.64 Å². The van der Waals surface area contributed by atoms with Gasteiger partial charge in [-0.3, -0.25) is 4.90 Å². The Labute approximate surface area is 115 Å². The predicted octanol–water partition coefficient (Wildman–Crippen LogP) is 1.57. The summed E-state index contributed by atoms with van der Waals surface area (Å²) < 4.78 is 5.71. The van der Waals surface area contributed by atoms with E-state index >= 15 is 0 Å². The summed E-state index contributed by atoms with van der Waals surface area (Å²) in [6.07, 6.45) is 0. The minimum atomic E-state index is 0.610. The van der Waals surface area contributed by atoms with Crippen LogP contribution in [0, 0.1) is 11.3 Å². The Morgan fingerprint density at radius 1 is 1.16 bits per heavy atom. The van der Waals surface area contributed by atoms with Gasteiger partial charge >= 0.3 is 0 Å². The molecule has 0 aliphatic carbocycles. The smallest absolute Gasteiger partial charge is 0.137 e. The number of nitriles is 1. The normalized spacial score (nSPS) is 17.1. The molecule has 1 saturated heterocycles. The molecule has 0 radical (unpaired) electrons. The zero-order valence-electron chi connectivity index (χ0n) is 11.5. The quantitative estimate of drug-likeness (QED) is 0.805. The summed E-state index contributed by atoms with van der Waals surface area (Å²) in [5.74, 6) is 0.692. The molecule has 4 nitrogen and oxygen atoms in total. The van der Waals surface area contributed by atoms with Gasteiger partial charge in [-0.15, -0.1) is 0 Å². The molecule has 1 aromatic carbocycles. The van der Waals surface area contributed by atoms with E-state index in [0.717, 1.165) is 39.3 Å². The van der Waals surface area contributed by atoms with E-state index in [1.54, 1.807) is 6.07 Å². The topological polar surface area (TPSA) is 39.5 Å². The fraction of sp³-hybridized carbons (Fsp3) is 0.533. The van der Waals surface area contributed by atoms with Crippen LogP contribution in [0.4, 0.5) is 0 Å². The second kappa shape index (κ2) is 7.13. The second-order valence-electron chi connectivity index (χ2n) is 4.73. The van der Waals surface area contributed by atoms with E-state index in [1.807, 2.05) is 18.2 Å². The third-order valence-electron chi connectivity index (χ3n) is 3.58. The summed E-state index contributed by atoms with van der Waals surface area (Å²) >= 11 is 0. The predicted molar refractivity (Wildman–Crippen MR) is 75.2 cm³/mol. The van der Waals surface area contributed by atoms with E-state index in [1.165, 1.54) is 0 Å². The first-order valence-corrected chi connectivity index (χ1v) is 6.90. The molecule has 1 heterocycles. The lowest BCUT2D eigenvalue weighted by atomic mass is 10.2. The average Bonchev–Trinajstić information content (AvgIpc) is 2.48. The molecular formula is C15H21N3O. The maximum absolute atomic E-state index is 8.98. The highest BCUT2D eigenvalue weighted by atomic mass is 16.5. The molecule has 1 aliphatic rings. The lowest BCUT2D eigenvalue weighted by molar-refractivity contribution is 0.121. The zero-order valence-corrected chi connectivity index (χ0v) is 11.5. The van der Waals surface area contributed by atoms with Gasteiger partial charge in [-0.2, -0.15) is 5.26 Å². The fourth-order valence-corrected chi connectivity index (χ4v) is 2.30. The van der Waals surface area contributed by atoms with Gasteiger partial charge in [0.15, 0.2) is 0 Å². The van der Waals surface area contributed by atoms with Crippen molar-refractivity contribution in [2.45, 2.75) is 6.92 Å². The Morgan fingerprint density at radius 2 is 1.84 bits per heavy atom. The highest BCUT2D eigenvalue weighted by Crippen LogP contribution is 2.16. The third kappa shape index (κ3) is 3.95. The Morgan fingerprint density at radius 3 is 2.53 bits per heavy atom. The van der Waals surface area contributed by atoms with E-state index in [9.17, 15) is 0 Å². The molecule has 0 amide bonds. The fourth-order valence-electron chi connectivity index (χ4n) is 2.30. The molecule has 1 fully saturated rings. The Hall–Kier alpha value is -1.57. The van der Waals surface area contributed by atoms with Gasteiger partial charge in [0.2, 0.25) is 0 Å². The maximum Gasteiger partial charge on any atom is 0.137 e. The van der Waals surface area contributed by atoms with Crippen molar-refractivity contribution in [2.75, 3.05) is 45.9 Å². The molecule has 0 atom stereocenters. The first-order chi connectivity index (χ1) is 9.33. The summed E-state index contributed by atoms with van der Waals surface area (Å²) in [5, 5.41) is 8.98. The minimum Gasteiger partial charge on any atom is -0.491 e. The number of rotatable bonds is 5. The Bertz CT molecular complexity index is 433. The Kier molecular flexibility index (Phi) is 5.20. The summed E-state index contributed by atoms with van der Waals surface area (Å²) in [7, 11) is 0. The average molecular weight is 259 g/mol. The van der Waals surface area contributed by atoms with Crippen molar-refractivity contribution in [2.24, 2.45) is 0 Å². The van der Waals surface area contributed by atoms with Gasteiger partial charge in [0.05, 0.1) is 5.56 Å². The molecule has 0 bridgehead atoms. The van der Waals surface area contributed by atoms with Gasteiger partial charge in [0.25, 0.3) is 0 Å². The van der Waals surface area contributed by atoms with Crippen molar-refractivity contribution < 1.29 is 4.74 Å². The van der Waals surface area contributed by atoms with Crippen LogP contribution in [0.25, 0.3) is 0 Å². The minimum absolute atomic E-state index is 0.610. The molecular weight excluding hydrogens is 238 g/mol. The summed E-state index contributed by atoms with van der Waals surface area (Å²) in [6, 6.07) is 9.55. The van der Waals surface area contributed by atoms with Crippen LogP contribution in [0.2, 0.25) is 0 Å². The van der Waals surface area contributed by atoms with Crippen LogP contribution < -0.4 is 4.74 Å².